The second kappa shape index (κ2) is 4.96. The highest BCUT2D eigenvalue weighted by molar-refractivity contribution is 5.84. The fourth-order valence-corrected chi connectivity index (χ4v) is 2.37. The second-order valence-electron chi connectivity index (χ2n) is 4.88. The van der Waals surface area contributed by atoms with Crippen LogP contribution < -0.4 is 0 Å². The number of hydrogen-bond acceptors (Lipinski definition) is 4. The van der Waals surface area contributed by atoms with Crippen LogP contribution in [0.15, 0.2) is 59.3 Å². The van der Waals surface area contributed by atoms with E-state index in [4.69, 9.17) is 4.42 Å². The summed E-state index contributed by atoms with van der Waals surface area (Å²) in [5.41, 5.74) is 3.59. The Bertz CT molecular complexity index is 954. The average molecular weight is 289 g/mol. The molecule has 1 aromatic carbocycles. The van der Waals surface area contributed by atoms with Crippen LogP contribution in [0.3, 0.4) is 0 Å². The zero-order valence-corrected chi connectivity index (χ0v) is 11.5. The molecule has 0 unspecified atom stereocenters. The molecule has 0 aliphatic heterocycles. The molecule has 3 heterocycles. The number of carbonyl (C=O) groups is 1. The van der Waals surface area contributed by atoms with E-state index in [1.54, 1.807) is 24.5 Å². The Kier molecular flexibility index (Phi) is 2.83. The van der Waals surface area contributed by atoms with Crippen molar-refractivity contribution < 1.29 is 9.21 Å². The Hall–Kier alpha value is -3.21. The molecular weight excluding hydrogens is 278 g/mol. The van der Waals surface area contributed by atoms with Gasteiger partial charge in [-0.15, -0.1) is 0 Å². The van der Waals surface area contributed by atoms with Crippen molar-refractivity contribution in [2.24, 2.45) is 0 Å². The molecule has 0 saturated carbocycles. The van der Waals surface area contributed by atoms with Crippen LogP contribution in [0.1, 0.15) is 10.6 Å². The predicted molar refractivity (Wildman–Crippen MR) is 82.4 cm³/mol. The normalized spacial score (nSPS) is 10.9. The molecule has 0 atom stereocenters. The molecule has 4 rings (SSSR count). The van der Waals surface area contributed by atoms with Crippen molar-refractivity contribution >= 4 is 17.3 Å². The standard InChI is InChI=1S/C17H11N3O2/c21-10-13-4-6-16(22-13)11-3-5-14-15(8-11)20-17(19-14)12-2-1-7-18-9-12/h1-10H,(H,19,20). The van der Waals surface area contributed by atoms with E-state index in [0.29, 0.717) is 17.8 Å². The molecule has 4 aromatic rings. The molecule has 0 saturated heterocycles. The van der Waals surface area contributed by atoms with E-state index in [0.717, 1.165) is 28.0 Å². The highest BCUT2D eigenvalue weighted by atomic mass is 16.3. The van der Waals surface area contributed by atoms with Gasteiger partial charge >= 0.3 is 0 Å². The van der Waals surface area contributed by atoms with E-state index in [1.807, 2.05) is 30.3 Å². The van der Waals surface area contributed by atoms with Crippen molar-refractivity contribution in [3.05, 3.63) is 60.6 Å². The van der Waals surface area contributed by atoms with Crippen LogP contribution in [-0.2, 0) is 0 Å². The molecule has 0 spiro atoms. The monoisotopic (exact) mass is 289 g/mol. The topological polar surface area (TPSA) is 71.8 Å². The lowest BCUT2D eigenvalue weighted by molar-refractivity contribution is 0.110. The Balaban J connectivity index is 1.79. The van der Waals surface area contributed by atoms with Gasteiger partial charge in [-0.2, -0.15) is 0 Å². The van der Waals surface area contributed by atoms with Crippen molar-refractivity contribution in [1.29, 1.82) is 0 Å². The van der Waals surface area contributed by atoms with Gasteiger partial charge in [-0.3, -0.25) is 9.78 Å². The zero-order valence-electron chi connectivity index (χ0n) is 11.5. The van der Waals surface area contributed by atoms with Crippen molar-refractivity contribution in [1.82, 2.24) is 15.0 Å². The Labute approximate surface area is 125 Å². The molecule has 106 valence electrons. The van der Waals surface area contributed by atoms with Crippen molar-refractivity contribution in [3.63, 3.8) is 0 Å². The molecule has 0 aliphatic rings. The maximum absolute atomic E-state index is 10.7. The van der Waals surface area contributed by atoms with Gasteiger partial charge in [0, 0.05) is 23.5 Å². The lowest BCUT2D eigenvalue weighted by Gasteiger charge is -1.96. The van der Waals surface area contributed by atoms with Crippen LogP contribution in [0.4, 0.5) is 0 Å². The van der Waals surface area contributed by atoms with E-state index in [-0.39, 0.29) is 0 Å². The smallest absolute Gasteiger partial charge is 0.185 e. The fraction of sp³-hybridized carbons (Fsp3) is 0. The maximum Gasteiger partial charge on any atom is 0.185 e. The lowest BCUT2D eigenvalue weighted by Crippen LogP contribution is -1.80. The van der Waals surface area contributed by atoms with Crippen LogP contribution in [0.25, 0.3) is 33.7 Å². The van der Waals surface area contributed by atoms with Gasteiger partial charge in [-0.25, -0.2) is 4.98 Å². The summed E-state index contributed by atoms with van der Waals surface area (Å²) in [4.78, 5) is 22.6. The molecule has 22 heavy (non-hydrogen) atoms. The number of aromatic amines is 1. The first kappa shape index (κ1) is 12.5. The summed E-state index contributed by atoms with van der Waals surface area (Å²) in [6.45, 7) is 0. The molecular formula is C17H11N3O2. The Morgan fingerprint density at radius 3 is 2.82 bits per heavy atom. The number of carbonyl (C=O) groups excluding carboxylic acids is 1. The molecule has 0 bridgehead atoms. The average Bonchev–Trinajstić information content (AvgIpc) is 3.21. The van der Waals surface area contributed by atoms with E-state index < -0.39 is 0 Å². The highest BCUT2D eigenvalue weighted by Crippen LogP contribution is 2.26. The van der Waals surface area contributed by atoms with Gasteiger partial charge in [0.15, 0.2) is 12.0 Å². The minimum absolute atomic E-state index is 0.316. The number of pyridine rings is 1. The third kappa shape index (κ3) is 2.09. The lowest BCUT2D eigenvalue weighted by atomic mass is 10.1. The van der Waals surface area contributed by atoms with Gasteiger partial charge in [0.25, 0.3) is 0 Å². The summed E-state index contributed by atoms with van der Waals surface area (Å²) in [6, 6.07) is 13.1. The zero-order chi connectivity index (χ0) is 14.9. The number of hydrogen-bond donors (Lipinski definition) is 1. The minimum Gasteiger partial charge on any atom is -0.453 e. The number of imidazole rings is 1. The molecule has 5 nitrogen and oxygen atoms in total. The maximum atomic E-state index is 10.7. The number of fused-ring (bicyclic) bond motifs is 1. The highest BCUT2D eigenvalue weighted by Gasteiger charge is 2.09. The molecule has 0 aliphatic carbocycles. The molecule has 0 amide bonds. The fourth-order valence-electron chi connectivity index (χ4n) is 2.37. The third-order valence-corrected chi connectivity index (χ3v) is 3.44. The predicted octanol–water partition coefficient (Wildman–Crippen LogP) is 3.70. The number of nitrogens with one attached hydrogen (secondary N) is 1. The quantitative estimate of drug-likeness (QED) is 0.584. The number of benzene rings is 1. The molecule has 1 N–H and O–H groups in total. The summed E-state index contributed by atoms with van der Waals surface area (Å²) in [5.74, 6) is 1.74. The molecule has 3 aromatic heterocycles. The Morgan fingerprint density at radius 2 is 2.05 bits per heavy atom. The van der Waals surface area contributed by atoms with Crippen LogP contribution >= 0.6 is 0 Å². The van der Waals surface area contributed by atoms with Gasteiger partial charge in [-0.1, -0.05) is 0 Å². The summed E-state index contributed by atoms with van der Waals surface area (Å²) < 4.78 is 5.45. The van der Waals surface area contributed by atoms with Crippen LogP contribution in [0.5, 0.6) is 0 Å². The summed E-state index contributed by atoms with van der Waals surface area (Å²) in [5, 5.41) is 0. The van der Waals surface area contributed by atoms with E-state index in [2.05, 4.69) is 15.0 Å². The van der Waals surface area contributed by atoms with Crippen LogP contribution in [0, 0.1) is 0 Å². The van der Waals surface area contributed by atoms with Crippen molar-refractivity contribution in [2.45, 2.75) is 0 Å². The van der Waals surface area contributed by atoms with E-state index in [1.165, 1.54) is 0 Å². The van der Waals surface area contributed by atoms with Crippen LogP contribution in [0.2, 0.25) is 0 Å². The number of furan rings is 1. The third-order valence-electron chi connectivity index (χ3n) is 3.44. The molecule has 5 heteroatoms. The van der Waals surface area contributed by atoms with Crippen molar-refractivity contribution in [3.8, 4) is 22.7 Å². The number of aromatic nitrogens is 3. The van der Waals surface area contributed by atoms with E-state index >= 15 is 0 Å². The molecule has 0 radical (unpaired) electrons. The number of nitrogens with zero attached hydrogens (tertiary/aromatic N) is 2. The van der Waals surface area contributed by atoms with Gasteiger partial charge in [0.1, 0.15) is 11.6 Å². The first-order chi connectivity index (χ1) is 10.8. The summed E-state index contributed by atoms with van der Waals surface area (Å²) in [6.07, 6.45) is 4.19. The number of rotatable bonds is 3. The summed E-state index contributed by atoms with van der Waals surface area (Å²) >= 11 is 0. The first-order valence-corrected chi connectivity index (χ1v) is 6.79. The van der Waals surface area contributed by atoms with Gasteiger partial charge in [0.05, 0.1) is 11.0 Å². The minimum atomic E-state index is 0.316. The SMILES string of the molecule is O=Cc1ccc(-c2ccc3nc(-c4cccnc4)[nH]c3c2)o1. The second-order valence-corrected chi connectivity index (χ2v) is 4.88. The van der Waals surface area contributed by atoms with Crippen molar-refractivity contribution in [2.75, 3.05) is 0 Å². The molecule has 0 fully saturated rings. The number of aldehydes is 1. The largest absolute Gasteiger partial charge is 0.453 e. The van der Waals surface area contributed by atoms with Crippen LogP contribution in [-0.4, -0.2) is 21.2 Å². The number of H-pyrrole nitrogens is 1. The van der Waals surface area contributed by atoms with Gasteiger partial charge < -0.3 is 9.40 Å². The summed E-state index contributed by atoms with van der Waals surface area (Å²) in [7, 11) is 0. The Morgan fingerprint density at radius 1 is 1.09 bits per heavy atom. The van der Waals surface area contributed by atoms with E-state index in [9.17, 15) is 4.79 Å². The van der Waals surface area contributed by atoms with Gasteiger partial charge in [-0.05, 0) is 42.5 Å². The van der Waals surface area contributed by atoms with Gasteiger partial charge in [0.2, 0.25) is 0 Å². The first-order valence-electron chi connectivity index (χ1n) is 6.79.